The molecule has 6 nitrogen and oxygen atoms in total. The Labute approximate surface area is 136 Å². The summed E-state index contributed by atoms with van der Waals surface area (Å²) < 4.78 is 2.19. The fourth-order valence-electron chi connectivity index (χ4n) is 2.72. The quantitative estimate of drug-likeness (QED) is 0.906. The van der Waals surface area contributed by atoms with Gasteiger partial charge in [0.25, 0.3) is 0 Å². The van der Waals surface area contributed by atoms with E-state index < -0.39 is 0 Å². The maximum absolute atomic E-state index is 12.0. The van der Waals surface area contributed by atoms with Gasteiger partial charge in [-0.15, -0.1) is 10.2 Å². The van der Waals surface area contributed by atoms with Crippen molar-refractivity contribution in [2.24, 2.45) is 11.7 Å². The summed E-state index contributed by atoms with van der Waals surface area (Å²) in [6, 6.07) is 7.56. The van der Waals surface area contributed by atoms with Gasteiger partial charge in [-0.05, 0) is 44.0 Å². The highest BCUT2D eigenvalue weighted by molar-refractivity contribution is 5.92. The van der Waals surface area contributed by atoms with Gasteiger partial charge in [0.05, 0.1) is 5.92 Å². The Bertz CT molecular complexity index is 690. The van der Waals surface area contributed by atoms with E-state index in [0.717, 1.165) is 35.9 Å². The molecule has 23 heavy (non-hydrogen) atoms. The summed E-state index contributed by atoms with van der Waals surface area (Å²) in [5.74, 6) is 1.68. The minimum Gasteiger partial charge on any atom is -0.327 e. The van der Waals surface area contributed by atoms with Crippen LogP contribution in [0.4, 0.5) is 5.69 Å². The topological polar surface area (TPSA) is 85.8 Å². The van der Waals surface area contributed by atoms with E-state index in [4.69, 9.17) is 5.73 Å². The number of benzene rings is 1. The average molecular weight is 313 g/mol. The second kappa shape index (κ2) is 6.50. The molecule has 0 bridgehead atoms. The van der Waals surface area contributed by atoms with Crippen molar-refractivity contribution in [3.63, 3.8) is 0 Å². The molecular weight excluding hydrogens is 290 g/mol. The monoisotopic (exact) mass is 313 g/mol. The number of nitrogens with one attached hydrogen (secondary N) is 1. The van der Waals surface area contributed by atoms with E-state index >= 15 is 0 Å². The predicted molar refractivity (Wildman–Crippen MR) is 89.8 cm³/mol. The van der Waals surface area contributed by atoms with E-state index in [9.17, 15) is 4.79 Å². The Morgan fingerprint density at radius 1 is 1.22 bits per heavy atom. The van der Waals surface area contributed by atoms with Crippen LogP contribution in [0, 0.1) is 5.92 Å². The number of carbonyl (C=O) groups excluding carboxylic acids is 1. The number of aryl methyl sites for hydroxylation is 1. The smallest absolute Gasteiger partial charge is 0.228 e. The third-order valence-electron chi connectivity index (χ3n) is 4.47. The van der Waals surface area contributed by atoms with Crippen molar-refractivity contribution in [2.45, 2.75) is 45.7 Å². The molecule has 3 N–H and O–H groups in total. The molecule has 3 rings (SSSR count). The fourth-order valence-corrected chi connectivity index (χ4v) is 2.72. The van der Waals surface area contributed by atoms with E-state index in [1.54, 1.807) is 0 Å². The summed E-state index contributed by atoms with van der Waals surface area (Å²) in [5.41, 5.74) is 7.55. The third-order valence-corrected chi connectivity index (χ3v) is 4.47. The minimum atomic E-state index is -0.224. The molecule has 1 aliphatic rings. The van der Waals surface area contributed by atoms with Crippen LogP contribution in [0.5, 0.6) is 0 Å². The molecule has 0 saturated carbocycles. The summed E-state index contributed by atoms with van der Waals surface area (Å²) in [6.07, 6.45) is 3.35. The Morgan fingerprint density at radius 3 is 2.65 bits per heavy atom. The Kier molecular flexibility index (Phi) is 4.43. The Balaban J connectivity index is 1.75. The first-order chi connectivity index (χ1) is 11.1. The predicted octanol–water partition coefficient (Wildman–Crippen LogP) is 2.20. The van der Waals surface area contributed by atoms with Gasteiger partial charge < -0.3 is 15.6 Å². The van der Waals surface area contributed by atoms with Gasteiger partial charge in [0.1, 0.15) is 5.82 Å². The van der Waals surface area contributed by atoms with Gasteiger partial charge in [-0.2, -0.15) is 0 Å². The zero-order valence-electron chi connectivity index (χ0n) is 13.6. The number of fused-ring (bicyclic) bond motifs is 1. The first-order valence-electron chi connectivity index (χ1n) is 8.15. The normalized spacial score (nSPS) is 16.5. The van der Waals surface area contributed by atoms with E-state index in [1.165, 1.54) is 12.8 Å². The fraction of sp³-hybridized carbons (Fsp3) is 0.471. The molecule has 2 heterocycles. The number of rotatable bonds is 4. The third kappa shape index (κ3) is 3.27. The van der Waals surface area contributed by atoms with Crippen LogP contribution < -0.4 is 11.1 Å². The molecule has 2 aromatic rings. The van der Waals surface area contributed by atoms with Crippen LogP contribution in [-0.2, 0) is 17.8 Å². The van der Waals surface area contributed by atoms with Crippen LogP contribution in [0.2, 0.25) is 0 Å². The number of hydrogen-bond acceptors (Lipinski definition) is 4. The van der Waals surface area contributed by atoms with Gasteiger partial charge in [-0.1, -0.05) is 6.92 Å². The molecule has 0 saturated heterocycles. The van der Waals surface area contributed by atoms with Crippen LogP contribution >= 0.6 is 0 Å². The number of aromatic nitrogens is 3. The standard InChI is InChI=1S/C17H23N5O/c1-11(12(2)18)17(23)19-14-8-6-13(7-9-14)16-21-20-15-5-3-4-10-22(15)16/h6-9,11-12H,3-5,10,18H2,1-2H3,(H,19,23). The van der Waals surface area contributed by atoms with Gasteiger partial charge in [0.2, 0.25) is 5.91 Å². The summed E-state index contributed by atoms with van der Waals surface area (Å²) in [4.78, 5) is 12.0. The number of anilines is 1. The van der Waals surface area contributed by atoms with Gasteiger partial charge in [0.15, 0.2) is 5.82 Å². The molecule has 1 aromatic heterocycles. The van der Waals surface area contributed by atoms with Crippen molar-refractivity contribution in [3.05, 3.63) is 30.1 Å². The number of carbonyl (C=O) groups is 1. The summed E-state index contributed by atoms with van der Waals surface area (Å²) >= 11 is 0. The molecular formula is C17H23N5O. The zero-order chi connectivity index (χ0) is 16.4. The molecule has 1 aromatic carbocycles. The van der Waals surface area contributed by atoms with E-state index in [2.05, 4.69) is 20.1 Å². The molecule has 2 unspecified atom stereocenters. The number of amides is 1. The first-order valence-corrected chi connectivity index (χ1v) is 8.15. The second-order valence-corrected chi connectivity index (χ2v) is 6.26. The lowest BCUT2D eigenvalue weighted by Gasteiger charge is -2.16. The highest BCUT2D eigenvalue weighted by Crippen LogP contribution is 2.24. The first kappa shape index (κ1) is 15.7. The Hall–Kier alpha value is -2.21. The van der Waals surface area contributed by atoms with Crippen LogP contribution in [0.1, 0.15) is 32.5 Å². The molecule has 1 aliphatic heterocycles. The van der Waals surface area contributed by atoms with Gasteiger partial charge in [-0.3, -0.25) is 4.79 Å². The van der Waals surface area contributed by atoms with Gasteiger partial charge in [0, 0.05) is 30.3 Å². The van der Waals surface area contributed by atoms with Gasteiger partial charge >= 0.3 is 0 Å². The largest absolute Gasteiger partial charge is 0.327 e. The number of hydrogen-bond donors (Lipinski definition) is 2. The summed E-state index contributed by atoms with van der Waals surface area (Å²) in [5, 5.41) is 11.5. The Morgan fingerprint density at radius 2 is 1.96 bits per heavy atom. The van der Waals surface area contributed by atoms with E-state index in [1.807, 2.05) is 38.1 Å². The zero-order valence-corrected chi connectivity index (χ0v) is 13.6. The highest BCUT2D eigenvalue weighted by Gasteiger charge is 2.18. The van der Waals surface area contributed by atoms with Crippen molar-refractivity contribution in [2.75, 3.05) is 5.32 Å². The van der Waals surface area contributed by atoms with Crippen LogP contribution in [-0.4, -0.2) is 26.7 Å². The summed E-state index contributed by atoms with van der Waals surface area (Å²) in [6.45, 7) is 4.64. The van der Waals surface area contributed by atoms with E-state index in [0.29, 0.717) is 0 Å². The molecule has 6 heteroatoms. The lowest BCUT2D eigenvalue weighted by atomic mass is 10.0. The highest BCUT2D eigenvalue weighted by atomic mass is 16.1. The molecule has 0 radical (unpaired) electrons. The molecule has 2 atom stereocenters. The van der Waals surface area contributed by atoms with Gasteiger partial charge in [-0.25, -0.2) is 0 Å². The van der Waals surface area contributed by atoms with Crippen LogP contribution in [0.3, 0.4) is 0 Å². The van der Waals surface area contributed by atoms with Crippen LogP contribution in [0.25, 0.3) is 11.4 Å². The summed E-state index contributed by atoms with van der Waals surface area (Å²) in [7, 11) is 0. The van der Waals surface area contributed by atoms with Crippen molar-refractivity contribution in [1.29, 1.82) is 0 Å². The van der Waals surface area contributed by atoms with E-state index in [-0.39, 0.29) is 17.9 Å². The van der Waals surface area contributed by atoms with Crippen molar-refractivity contribution < 1.29 is 4.79 Å². The maximum atomic E-state index is 12.0. The molecule has 122 valence electrons. The number of nitrogens with two attached hydrogens (primary N) is 1. The number of nitrogens with zero attached hydrogens (tertiary/aromatic N) is 3. The molecule has 0 fully saturated rings. The average Bonchev–Trinajstić information content (AvgIpc) is 2.98. The lowest BCUT2D eigenvalue weighted by Crippen LogP contribution is -2.34. The molecule has 0 spiro atoms. The SMILES string of the molecule is CC(N)C(C)C(=O)Nc1ccc(-c2nnc3n2CCCC3)cc1. The molecule has 1 amide bonds. The second-order valence-electron chi connectivity index (χ2n) is 6.26. The lowest BCUT2D eigenvalue weighted by molar-refractivity contribution is -0.119. The maximum Gasteiger partial charge on any atom is 0.228 e. The minimum absolute atomic E-state index is 0.0624. The van der Waals surface area contributed by atoms with Crippen molar-refractivity contribution in [3.8, 4) is 11.4 Å². The molecule has 0 aliphatic carbocycles. The van der Waals surface area contributed by atoms with Crippen molar-refractivity contribution in [1.82, 2.24) is 14.8 Å². The van der Waals surface area contributed by atoms with Crippen LogP contribution in [0.15, 0.2) is 24.3 Å². The van der Waals surface area contributed by atoms with Crippen molar-refractivity contribution >= 4 is 11.6 Å².